The van der Waals surface area contributed by atoms with Crippen molar-refractivity contribution in [2.45, 2.75) is 6.18 Å². The third-order valence-electron chi connectivity index (χ3n) is 1.16. The molecular weight excluding hydrogens is 227 g/mol. The van der Waals surface area contributed by atoms with Gasteiger partial charge in [0, 0.05) is 5.75 Å². The minimum atomic E-state index is -4.46. The van der Waals surface area contributed by atoms with Crippen LogP contribution < -0.4 is 56.1 Å². The fourth-order valence-electron chi connectivity index (χ4n) is 0.672. The zero-order valence-corrected chi connectivity index (χ0v) is 10.5. The van der Waals surface area contributed by atoms with E-state index in [1.165, 1.54) is 12.1 Å². The summed E-state index contributed by atoms with van der Waals surface area (Å²) in [5, 5.41) is 0. The van der Waals surface area contributed by atoms with Crippen LogP contribution in [0.25, 0.3) is 0 Å². The average molecular weight is 232 g/mol. The first-order valence-electron chi connectivity index (χ1n) is 3.35. The van der Waals surface area contributed by atoms with Crippen molar-refractivity contribution in [3.05, 3.63) is 30.1 Å². The summed E-state index contributed by atoms with van der Waals surface area (Å²) in [6.45, 7) is -1.50. The molecule has 0 N–H and O–H groups in total. The second-order valence-electron chi connectivity index (χ2n) is 2.25. The zero-order valence-electron chi connectivity index (χ0n) is 7.36. The number of rotatable bonds is 2. The third kappa shape index (κ3) is 5.30. The van der Waals surface area contributed by atoms with E-state index < -0.39 is 24.3 Å². The summed E-state index contributed by atoms with van der Waals surface area (Å²) in [6.07, 6.45) is -4.46. The van der Waals surface area contributed by atoms with Crippen molar-refractivity contribution in [2.24, 2.45) is 0 Å². The van der Waals surface area contributed by atoms with Crippen LogP contribution in [0.2, 0.25) is 0 Å². The predicted octanol–water partition coefficient (Wildman–Crippen LogP) is -0.429. The van der Waals surface area contributed by atoms with E-state index in [4.69, 9.17) is 0 Å². The van der Waals surface area contributed by atoms with Crippen LogP contribution in [0.1, 0.15) is 0 Å². The first kappa shape index (κ1) is 14.4. The maximum absolute atomic E-state index is 12.6. The van der Waals surface area contributed by atoms with Crippen LogP contribution >= 0.6 is 0 Å². The summed E-state index contributed by atoms with van der Waals surface area (Å²) in [5.41, 5.74) is 0. The van der Waals surface area contributed by atoms with Crippen molar-refractivity contribution in [2.75, 3.05) is 6.61 Å². The maximum Gasteiger partial charge on any atom is 1.00 e. The average Bonchev–Trinajstić information content (AvgIpc) is 2.01. The molecule has 0 spiro atoms. The van der Waals surface area contributed by atoms with E-state index >= 15 is 0 Å². The van der Waals surface area contributed by atoms with Crippen molar-refractivity contribution in [1.82, 2.24) is 0 Å². The number of halogens is 4. The van der Waals surface area contributed by atoms with Gasteiger partial charge in [0.15, 0.2) is 6.61 Å². The van der Waals surface area contributed by atoms with E-state index in [1.54, 1.807) is 0 Å². The fraction of sp³-hybridized carbons (Fsp3) is 0.250. The predicted molar refractivity (Wildman–Crippen MR) is 36.8 cm³/mol. The fourth-order valence-corrected chi connectivity index (χ4v) is 0.672. The molecule has 14 heavy (non-hydrogen) atoms. The molecule has 0 fully saturated rings. The number of hydrogen-bond donors (Lipinski definition) is 0. The van der Waals surface area contributed by atoms with Gasteiger partial charge in [-0.05, 0) is 0 Å². The number of ether oxygens (including phenoxy) is 1. The van der Waals surface area contributed by atoms with Crippen molar-refractivity contribution in [1.29, 1.82) is 0 Å². The summed E-state index contributed by atoms with van der Waals surface area (Å²) < 4.78 is 51.6. The van der Waals surface area contributed by atoms with Gasteiger partial charge in [0.05, 0.1) is 5.82 Å². The molecule has 0 aliphatic carbocycles. The Kier molecular flexibility index (Phi) is 6.23. The summed E-state index contributed by atoms with van der Waals surface area (Å²) in [6, 6.07) is 5.77. The summed E-state index contributed by atoms with van der Waals surface area (Å²) in [4.78, 5) is 0. The van der Waals surface area contributed by atoms with Gasteiger partial charge >= 0.3 is 57.6 Å². The van der Waals surface area contributed by atoms with E-state index in [-0.39, 0.29) is 51.4 Å². The Labute approximate surface area is 121 Å². The van der Waals surface area contributed by atoms with E-state index in [1.807, 2.05) is 0 Å². The quantitative estimate of drug-likeness (QED) is 0.382. The molecule has 0 radical (unpaired) electrons. The van der Waals surface area contributed by atoms with Gasteiger partial charge in [0.1, 0.15) is 0 Å². The summed E-state index contributed by atoms with van der Waals surface area (Å²) in [5.74, 6) is -1.37. The normalized spacial score (nSPS) is 10.6. The molecule has 0 bridgehead atoms. The van der Waals surface area contributed by atoms with E-state index in [9.17, 15) is 17.6 Å². The van der Waals surface area contributed by atoms with Gasteiger partial charge in [-0.15, -0.1) is 12.1 Å². The maximum atomic E-state index is 12.6. The molecule has 1 rings (SSSR count). The molecule has 72 valence electrons. The molecule has 1 nitrogen and oxygen atoms in total. The van der Waals surface area contributed by atoms with Gasteiger partial charge in [-0.25, -0.2) is 4.39 Å². The van der Waals surface area contributed by atoms with E-state index in [0.717, 1.165) is 6.07 Å². The standard InChI is InChI=1S/C8H5F4O.K/c9-6-3-1-2-4-7(6)13-5-8(10,11)12;/h1-2,4H,5H2;/q-1;+1. The van der Waals surface area contributed by atoms with Crippen LogP contribution in [0, 0.1) is 11.9 Å². The monoisotopic (exact) mass is 232 g/mol. The topological polar surface area (TPSA) is 9.23 Å². The molecule has 0 amide bonds. The van der Waals surface area contributed by atoms with Crippen LogP contribution in [0.15, 0.2) is 18.2 Å². The molecule has 6 heteroatoms. The minimum Gasteiger partial charge on any atom is -0.539 e. The molecule has 0 atom stereocenters. The van der Waals surface area contributed by atoms with Gasteiger partial charge in [0.25, 0.3) is 0 Å². The molecule has 1 aromatic carbocycles. The Hall–Kier alpha value is 0.376. The zero-order chi connectivity index (χ0) is 9.90. The SMILES string of the molecule is Fc1[c-]cccc1OCC(F)(F)F.[K+]. The van der Waals surface area contributed by atoms with E-state index in [2.05, 4.69) is 10.8 Å². The van der Waals surface area contributed by atoms with Crippen LogP contribution in [-0.2, 0) is 0 Å². The number of benzene rings is 1. The Bertz CT molecular complexity index is 287. The Morgan fingerprint density at radius 3 is 2.50 bits per heavy atom. The second kappa shape index (κ2) is 6.07. The Morgan fingerprint density at radius 1 is 1.36 bits per heavy atom. The van der Waals surface area contributed by atoms with Gasteiger partial charge in [0.2, 0.25) is 0 Å². The van der Waals surface area contributed by atoms with E-state index in [0.29, 0.717) is 0 Å². The van der Waals surface area contributed by atoms with Crippen LogP contribution in [-0.4, -0.2) is 12.8 Å². The molecule has 1 aromatic rings. The smallest absolute Gasteiger partial charge is 0.539 e. The van der Waals surface area contributed by atoms with Crippen LogP contribution in [0.4, 0.5) is 17.6 Å². The Balaban J connectivity index is 0.00000169. The Morgan fingerprint density at radius 2 is 2.00 bits per heavy atom. The molecule has 0 heterocycles. The molecule has 0 saturated carbocycles. The molecule has 0 aliphatic rings. The number of hydrogen-bond acceptors (Lipinski definition) is 1. The van der Waals surface area contributed by atoms with Gasteiger partial charge < -0.3 is 4.74 Å². The first-order valence-corrected chi connectivity index (χ1v) is 3.35. The molecule has 0 unspecified atom stereocenters. The number of alkyl halides is 3. The third-order valence-corrected chi connectivity index (χ3v) is 1.16. The molecule has 0 aromatic heterocycles. The first-order chi connectivity index (χ1) is 5.99. The summed E-state index contributed by atoms with van der Waals surface area (Å²) in [7, 11) is 0. The molecule has 0 saturated heterocycles. The van der Waals surface area contributed by atoms with Crippen LogP contribution in [0.3, 0.4) is 0 Å². The van der Waals surface area contributed by atoms with Crippen molar-refractivity contribution in [3.63, 3.8) is 0 Å². The summed E-state index contributed by atoms with van der Waals surface area (Å²) >= 11 is 0. The van der Waals surface area contributed by atoms with Crippen molar-refractivity contribution < 1.29 is 73.7 Å². The van der Waals surface area contributed by atoms with Gasteiger partial charge in [-0.1, -0.05) is 0 Å². The van der Waals surface area contributed by atoms with Crippen LogP contribution in [0.5, 0.6) is 5.75 Å². The molecular formula is C8H5F4KO. The second-order valence-corrected chi connectivity index (χ2v) is 2.25. The molecule has 0 aliphatic heterocycles. The van der Waals surface area contributed by atoms with Gasteiger partial charge in [-0.2, -0.15) is 25.3 Å². The minimum absolute atomic E-state index is 0. The van der Waals surface area contributed by atoms with Crippen molar-refractivity contribution in [3.8, 4) is 5.75 Å². The van der Waals surface area contributed by atoms with Crippen molar-refractivity contribution >= 4 is 0 Å². The van der Waals surface area contributed by atoms with Gasteiger partial charge in [-0.3, -0.25) is 0 Å². The largest absolute Gasteiger partial charge is 1.00 e.